The zero-order chi connectivity index (χ0) is 17.3. The number of alkyl halides is 3. The third kappa shape index (κ3) is 3.98. The van der Waals surface area contributed by atoms with E-state index in [4.69, 9.17) is 27.9 Å². The first-order valence-electron chi connectivity index (χ1n) is 6.45. The summed E-state index contributed by atoms with van der Waals surface area (Å²) in [5.74, 6) is -0.119. The number of carbonyl (C=O) groups excluding carboxylic acids is 1. The quantitative estimate of drug-likeness (QED) is 0.679. The lowest BCUT2D eigenvalue weighted by Crippen LogP contribution is -2.35. The Kier molecular flexibility index (Phi) is 4.92. The van der Waals surface area contributed by atoms with Crippen molar-refractivity contribution in [3.63, 3.8) is 0 Å². The molecule has 2 aromatic carbocycles. The zero-order valence-electron chi connectivity index (χ0n) is 11.8. The van der Waals surface area contributed by atoms with E-state index in [1.807, 2.05) is 0 Å². The van der Waals surface area contributed by atoms with Crippen molar-refractivity contribution in [2.75, 3.05) is 0 Å². The Morgan fingerprint density at radius 2 is 1.65 bits per heavy atom. The smallest absolute Gasteiger partial charge is 0.416 e. The largest absolute Gasteiger partial charge is 0.474 e. The van der Waals surface area contributed by atoms with E-state index in [-0.39, 0.29) is 5.75 Å². The summed E-state index contributed by atoms with van der Waals surface area (Å²) >= 11 is 11.4. The molecular formula is C16H11Cl2F3O2. The first-order chi connectivity index (χ1) is 10.6. The van der Waals surface area contributed by atoms with Gasteiger partial charge in [0.1, 0.15) is 5.75 Å². The summed E-state index contributed by atoms with van der Waals surface area (Å²) in [5, 5.41) is -0.422. The number of carbonyl (C=O) groups is 1. The van der Waals surface area contributed by atoms with E-state index in [9.17, 15) is 18.0 Å². The van der Waals surface area contributed by atoms with Crippen LogP contribution in [0.25, 0.3) is 0 Å². The van der Waals surface area contributed by atoms with Crippen LogP contribution < -0.4 is 4.74 Å². The van der Waals surface area contributed by atoms with Crippen LogP contribution in [0, 0.1) is 0 Å². The van der Waals surface area contributed by atoms with Crippen molar-refractivity contribution in [1.29, 1.82) is 0 Å². The van der Waals surface area contributed by atoms with Crippen LogP contribution in [0.15, 0.2) is 48.5 Å². The van der Waals surface area contributed by atoms with Crippen molar-refractivity contribution in [3.8, 4) is 5.75 Å². The van der Waals surface area contributed by atoms with Crippen LogP contribution in [0.4, 0.5) is 13.2 Å². The predicted octanol–water partition coefficient (Wildman–Crippen LogP) is 5.42. The molecule has 1 atom stereocenters. The van der Waals surface area contributed by atoms with Gasteiger partial charge in [-0.1, -0.05) is 29.8 Å². The van der Waals surface area contributed by atoms with Gasteiger partial charge in [0.25, 0.3) is 5.24 Å². The molecule has 0 aliphatic carbocycles. The monoisotopic (exact) mass is 362 g/mol. The van der Waals surface area contributed by atoms with Crippen LogP contribution in [0.2, 0.25) is 5.02 Å². The number of rotatable bonds is 4. The average Bonchev–Trinajstić information content (AvgIpc) is 2.47. The highest BCUT2D eigenvalue weighted by Gasteiger charge is 2.37. The standard InChI is InChI=1S/C16H11Cl2F3O2/c1-15(14(18)22,10-5-7-12(17)8-6-10)23-13-4-2-3-11(9-13)16(19,20)21/h2-9H,1H3/t15-/m0/s1. The molecule has 0 bridgehead atoms. The highest BCUT2D eigenvalue weighted by molar-refractivity contribution is 6.65. The lowest BCUT2D eigenvalue weighted by atomic mass is 9.97. The van der Waals surface area contributed by atoms with Gasteiger partial charge in [0.05, 0.1) is 5.56 Å². The highest BCUT2D eigenvalue weighted by atomic mass is 35.5. The Hall–Kier alpha value is -1.72. The van der Waals surface area contributed by atoms with E-state index < -0.39 is 22.6 Å². The van der Waals surface area contributed by atoms with E-state index in [0.29, 0.717) is 10.6 Å². The van der Waals surface area contributed by atoms with Gasteiger partial charge in [-0.25, -0.2) is 0 Å². The fraction of sp³-hybridized carbons (Fsp3) is 0.188. The highest BCUT2D eigenvalue weighted by Crippen LogP contribution is 2.35. The molecule has 0 amide bonds. The Bertz CT molecular complexity index is 714. The summed E-state index contributed by atoms with van der Waals surface area (Å²) in [5.41, 5.74) is -2.15. The van der Waals surface area contributed by atoms with E-state index in [2.05, 4.69) is 0 Å². The molecule has 2 aromatic rings. The molecule has 0 saturated carbocycles. The molecular weight excluding hydrogens is 352 g/mol. The Morgan fingerprint density at radius 1 is 1.04 bits per heavy atom. The molecule has 7 heteroatoms. The van der Waals surface area contributed by atoms with Crippen LogP contribution in [0.5, 0.6) is 5.75 Å². The van der Waals surface area contributed by atoms with Crippen molar-refractivity contribution < 1.29 is 22.7 Å². The third-order valence-corrected chi connectivity index (χ3v) is 3.87. The van der Waals surface area contributed by atoms with E-state index >= 15 is 0 Å². The second kappa shape index (κ2) is 6.42. The maximum absolute atomic E-state index is 12.8. The molecule has 2 rings (SSSR count). The van der Waals surface area contributed by atoms with Crippen LogP contribution in [-0.4, -0.2) is 5.24 Å². The Morgan fingerprint density at radius 3 is 2.17 bits per heavy atom. The number of ether oxygens (including phenoxy) is 1. The lowest BCUT2D eigenvalue weighted by molar-refractivity contribution is -0.137. The van der Waals surface area contributed by atoms with Crippen molar-refractivity contribution in [2.24, 2.45) is 0 Å². The SMILES string of the molecule is C[C@@](Oc1cccc(C(F)(F)F)c1)(C(=O)Cl)c1ccc(Cl)cc1. The van der Waals surface area contributed by atoms with Crippen molar-refractivity contribution in [1.82, 2.24) is 0 Å². The Balaban J connectivity index is 2.41. The predicted molar refractivity (Wildman–Crippen MR) is 81.7 cm³/mol. The molecule has 122 valence electrons. The zero-order valence-corrected chi connectivity index (χ0v) is 13.3. The minimum absolute atomic E-state index is 0.119. The molecule has 0 spiro atoms. The fourth-order valence-corrected chi connectivity index (χ4v) is 2.23. The third-order valence-electron chi connectivity index (χ3n) is 3.25. The van der Waals surface area contributed by atoms with Gasteiger partial charge in [0.15, 0.2) is 0 Å². The van der Waals surface area contributed by atoms with Crippen LogP contribution in [-0.2, 0) is 16.6 Å². The van der Waals surface area contributed by atoms with E-state index in [1.165, 1.54) is 43.3 Å². The van der Waals surface area contributed by atoms with Crippen LogP contribution in [0.3, 0.4) is 0 Å². The fourth-order valence-electron chi connectivity index (χ4n) is 1.95. The summed E-state index contributed by atoms with van der Waals surface area (Å²) in [6.45, 7) is 1.38. The number of halogens is 5. The molecule has 0 aliphatic rings. The summed E-state index contributed by atoms with van der Waals surface area (Å²) < 4.78 is 43.8. The second-order valence-electron chi connectivity index (χ2n) is 4.94. The molecule has 0 aliphatic heterocycles. The molecule has 0 N–H and O–H groups in total. The van der Waals surface area contributed by atoms with Gasteiger partial charge in [-0.2, -0.15) is 13.2 Å². The summed E-state index contributed by atoms with van der Waals surface area (Å²) in [6.07, 6.45) is -4.51. The van der Waals surface area contributed by atoms with Crippen molar-refractivity contribution >= 4 is 28.4 Å². The van der Waals surface area contributed by atoms with Gasteiger partial charge >= 0.3 is 6.18 Å². The summed E-state index contributed by atoms with van der Waals surface area (Å²) in [7, 11) is 0. The molecule has 0 radical (unpaired) electrons. The first kappa shape index (κ1) is 17.6. The maximum Gasteiger partial charge on any atom is 0.416 e. The van der Waals surface area contributed by atoms with Gasteiger partial charge in [-0.05, 0) is 48.9 Å². The topological polar surface area (TPSA) is 26.3 Å². The molecule has 0 saturated heterocycles. The second-order valence-corrected chi connectivity index (χ2v) is 5.72. The van der Waals surface area contributed by atoms with Gasteiger partial charge in [-0.3, -0.25) is 4.79 Å². The Labute approximate surface area is 140 Å². The van der Waals surface area contributed by atoms with Crippen molar-refractivity contribution in [3.05, 3.63) is 64.7 Å². The van der Waals surface area contributed by atoms with Gasteiger partial charge in [0, 0.05) is 10.6 Å². The van der Waals surface area contributed by atoms with Crippen molar-refractivity contribution in [2.45, 2.75) is 18.7 Å². The van der Waals surface area contributed by atoms with E-state index in [0.717, 1.165) is 12.1 Å². The van der Waals surface area contributed by atoms with Crippen LogP contribution in [0.1, 0.15) is 18.1 Å². The summed E-state index contributed by atoms with van der Waals surface area (Å²) in [4.78, 5) is 11.8. The molecule has 0 heterocycles. The number of hydrogen-bond donors (Lipinski definition) is 0. The molecule has 0 unspecified atom stereocenters. The minimum atomic E-state index is -4.51. The average molecular weight is 363 g/mol. The number of hydrogen-bond acceptors (Lipinski definition) is 2. The normalized spacial score (nSPS) is 14.2. The summed E-state index contributed by atoms with van der Waals surface area (Å²) in [6, 6.07) is 10.4. The maximum atomic E-state index is 12.8. The molecule has 0 fully saturated rings. The lowest BCUT2D eigenvalue weighted by Gasteiger charge is -2.27. The van der Waals surface area contributed by atoms with Crippen LogP contribution >= 0.6 is 23.2 Å². The molecule has 0 aromatic heterocycles. The first-order valence-corrected chi connectivity index (χ1v) is 7.21. The van der Waals surface area contributed by atoms with Gasteiger partial charge < -0.3 is 4.74 Å². The van der Waals surface area contributed by atoms with Gasteiger partial charge in [-0.15, -0.1) is 0 Å². The minimum Gasteiger partial charge on any atom is -0.474 e. The van der Waals surface area contributed by atoms with Gasteiger partial charge in [0.2, 0.25) is 5.60 Å². The molecule has 23 heavy (non-hydrogen) atoms. The number of benzene rings is 2. The molecule has 2 nitrogen and oxygen atoms in total. The van der Waals surface area contributed by atoms with E-state index in [1.54, 1.807) is 0 Å².